The van der Waals surface area contributed by atoms with Gasteiger partial charge in [0.15, 0.2) is 0 Å². The second kappa shape index (κ2) is 26.1. The van der Waals surface area contributed by atoms with E-state index in [4.69, 9.17) is 9.47 Å². The number of hydrogen-bond acceptors (Lipinski definition) is 10. The highest BCUT2D eigenvalue weighted by molar-refractivity contribution is 5.94. The molecule has 0 spiro atoms. The van der Waals surface area contributed by atoms with Crippen molar-refractivity contribution in [1.82, 2.24) is 20.4 Å². The smallest absolute Gasteiger partial charge is 0.336 e. The first-order chi connectivity index (χ1) is 34.7. The molecule has 0 fully saturated rings. The van der Waals surface area contributed by atoms with E-state index in [0.29, 0.717) is 89.2 Å². The van der Waals surface area contributed by atoms with E-state index in [1.54, 1.807) is 30.3 Å². The van der Waals surface area contributed by atoms with Gasteiger partial charge in [0.05, 0.1) is 22.3 Å². The molecule has 4 aromatic carbocycles. The molecule has 0 aromatic heterocycles. The number of aryl methyl sites for hydroxylation is 1. The lowest BCUT2D eigenvalue weighted by atomic mass is 9.82. The number of rotatable bonds is 24. The van der Waals surface area contributed by atoms with Gasteiger partial charge in [-0.15, -0.1) is 0 Å². The maximum absolute atomic E-state index is 12.8. The van der Waals surface area contributed by atoms with Gasteiger partial charge < -0.3 is 50.3 Å². The van der Waals surface area contributed by atoms with Crippen molar-refractivity contribution in [3.05, 3.63) is 115 Å². The maximum atomic E-state index is 12.8. The van der Waals surface area contributed by atoms with Crippen LogP contribution in [-0.4, -0.2) is 120 Å². The molecule has 0 amide bonds. The third-order valence-electron chi connectivity index (χ3n) is 13.7. The van der Waals surface area contributed by atoms with Gasteiger partial charge >= 0.3 is 23.9 Å². The van der Waals surface area contributed by atoms with E-state index in [1.807, 2.05) is 12.1 Å². The molecule has 2 atom stereocenters. The molecule has 0 bridgehead atoms. The molecule has 2 heterocycles. The average molecular weight is 1020 g/mol. The van der Waals surface area contributed by atoms with E-state index in [-0.39, 0.29) is 22.2 Å². The highest BCUT2D eigenvalue weighted by Crippen LogP contribution is 2.44. The number of carboxylic acids is 4. The SMILES string of the molecule is CC(C)(C)NCCCc1cc2c(c(C(=O)O)c1CCCNC(C)(C)C)Cc1cc(C(=O)O)ccc1O2.CC(CCCN(C)C)Cc1cc2c(c(CC(C)CCCN(C)C)c1C(=O)O)Cc1cc(C(=O)O)ccc1O2. The van der Waals surface area contributed by atoms with Gasteiger partial charge in [0.1, 0.15) is 23.0 Å². The van der Waals surface area contributed by atoms with Crippen molar-refractivity contribution >= 4 is 23.9 Å². The first-order valence-corrected chi connectivity index (χ1v) is 26.4. The minimum absolute atomic E-state index is 0.00761. The standard InChI is InChI=1S/C31H44N2O5.C29H40N2O5/c1-20(9-7-13-32(3)4)15-24-19-28-25(18-23-17-22(30(34)35)11-12-27(23)38-28)26(29(24)31(36)37)16-21(2)10-8-14-33(5)6;1-28(2,3)30-13-7-9-18-17-24-22(16-20-15-19(26(32)33)11-12-23(20)36-24)25(27(34)35)21(18)10-8-14-31-29(4,5)6/h11-12,17,19-21H,7-10,13-16,18H2,1-6H3,(H,34,35)(H,36,37);11-12,15,17,30-31H,7-10,13-14,16H2,1-6H3,(H,32,33)(H,34,35). The summed E-state index contributed by atoms with van der Waals surface area (Å²) >= 11 is 0. The molecule has 6 N–H and O–H groups in total. The van der Waals surface area contributed by atoms with Crippen LogP contribution in [0.2, 0.25) is 0 Å². The van der Waals surface area contributed by atoms with Crippen molar-refractivity contribution in [3.8, 4) is 23.0 Å². The lowest BCUT2D eigenvalue weighted by Gasteiger charge is -2.28. The average Bonchev–Trinajstić information content (AvgIpc) is 3.29. The van der Waals surface area contributed by atoms with Crippen molar-refractivity contribution in [2.75, 3.05) is 54.4 Å². The van der Waals surface area contributed by atoms with Gasteiger partial charge in [-0.3, -0.25) is 0 Å². The summed E-state index contributed by atoms with van der Waals surface area (Å²) in [5.74, 6) is -0.764. The van der Waals surface area contributed by atoms with Crippen LogP contribution in [0.25, 0.3) is 0 Å². The number of carbonyl (C=O) groups is 4. The summed E-state index contributed by atoms with van der Waals surface area (Å²) in [5.41, 5.74) is 7.57. The van der Waals surface area contributed by atoms with Gasteiger partial charge in [-0.1, -0.05) is 13.8 Å². The van der Waals surface area contributed by atoms with Gasteiger partial charge in [-0.25, -0.2) is 19.2 Å². The number of nitrogens with zero attached hydrogens (tertiary/aromatic N) is 2. The largest absolute Gasteiger partial charge is 0.478 e. The Morgan fingerprint density at radius 1 is 0.541 bits per heavy atom. The molecular formula is C60H84N4O10. The second-order valence-electron chi connectivity index (χ2n) is 23.2. The van der Waals surface area contributed by atoms with Crippen LogP contribution in [-0.2, 0) is 38.5 Å². The van der Waals surface area contributed by atoms with Crippen LogP contribution in [0, 0.1) is 11.8 Å². The summed E-state index contributed by atoms with van der Waals surface area (Å²) < 4.78 is 12.5. The van der Waals surface area contributed by atoms with Crippen LogP contribution in [0.15, 0.2) is 48.5 Å². The van der Waals surface area contributed by atoms with Crippen LogP contribution in [0.1, 0.15) is 180 Å². The fourth-order valence-electron chi connectivity index (χ4n) is 10.0. The Labute approximate surface area is 439 Å². The van der Waals surface area contributed by atoms with Crippen LogP contribution in [0.4, 0.5) is 0 Å². The summed E-state index contributed by atoms with van der Waals surface area (Å²) in [4.78, 5) is 52.7. The Bertz CT molecular complexity index is 2630. The van der Waals surface area contributed by atoms with Crippen molar-refractivity contribution in [2.24, 2.45) is 11.8 Å². The first-order valence-electron chi connectivity index (χ1n) is 26.4. The molecule has 6 rings (SSSR count). The molecule has 0 saturated heterocycles. The fraction of sp³-hybridized carbons (Fsp3) is 0.533. The third-order valence-corrected chi connectivity index (χ3v) is 13.7. The number of fused-ring (bicyclic) bond motifs is 4. The van der Waals surface area contributed by atoms with Crippen LogP contribution in [0.3, 0.4) is 0 Å². The maximum Gasteiger partial charge on any atom is 0.336 e. The third kappa shape index (κ3) is 17.1. The topological polar surface area (TPSA) is 198 Å². The first kappa shape index (κ1) is 59.1. The summed E-state index contributed by atoms with van der Waals surface area (Å²) in [5, 5.41) is 46.6. The zero-order valence-corrected chi connectivity index (χ0v) is 46.2. The molecule has 404 valence electrons. The Hall–Kier alpha value is -5.80. The Morgan fingerprint density at radius 3 is 1.45 bits per heavy atom. The van der Waals surface area contributed by atoms with Gasteiger partial charge in [0.2, 0.25) is 0 Å². The lowest BCUT2D eigenvalue weighted by Crippen LogP contribution is -2.36. The molecule has 2 aliphatic rings. The summed E-state index contributed by atoms with van der Waals surface area (Å²) in [7, 11) is 8.26. The van der Waals surface area contributed by atoms with Gasteiger partial charge in [-0.2, -0.15) is 0 Å². The Kier molecular flexibility index (Phi) is 20.8. The van der Waals surface area contributed by atoms with E-state index < -0.39 is 23.9 Å². The number of hydrogen-bond donors (Lipinski definition) is 6. The molecule has 4 aromatic rings. The zero-order chi connectivity index (χ0) is 54.7. The van der Waals surface area contributed by atoms with E-state index in [1.165, 1.54) is 6.07 Å². The summed E-state index contributed by atoms with van der Waals surface area (Å²) in [6.07, 6.45) is 9.31. The van der Waals surface area contributed by atoms with E-state index in [9.17, 15) is 39.6 Å². The molecule has 2 aliphatic heterocycles. The van der Waals surface area contributed by atoms with E-state index in [2.05, 4.69) is 104 Å². The summed E-state index contributed by atoms with van der Waals surface area (Å²) in [6.45, 7) is 20.7. The monoisotopic (exact) mass is 1020 g/mol. The van der Waals surface area contributed by atoms with Gasteiger partial charge in [0.25, 0.3) is 0 Å². The van der Waals surface area contributed by atoms with Crippen LogP contribution in [0.5, 0.6) is 23.0 Å². The Morgan fingerprint density at radius 2 is 0.986 bits per heavy atom. The molecule has 0 saturated carbocycles. The number of benzene rings is 4. The number of carboxylic acid groups (broad SMARTS) is 4. The molecule has 0 aliphatic carbocycles. The predicted octanol–water partition coefficient (Wildman–Crippen LogP) is 11.2. The van der Waals surface area contributed by atoms with Gasteiger partial charge in [0, 0.05) is 46.2 Å². The van der Waals surface area contributed by atoms with E-state index >= 15 is 0 Å². The second-order valence-corrected chi connectivity index (χ2v) is 23.2. The molecule has 74 heavy (non-hydrogen) atoms. The lowest BCUT2D eigenvalue weighted by molar-refractivity contribution is 0.0682. The Balaban J connectivity index is 0.000000274. The molecule has 0 radical (unpaired) electrons. The highest BCUT2D eigenvalue weighted by atomic mass is 16.5. The molecule has 2 unspecified atom stereocenters. The van der Waals surface area contributed by atoms with Crippen LogP contribution < -0.4 is 20.1 Å². The van der Waals surface area contributed by atoms with Crippen molar-refractivity contribution < 1.29 is 49.1 Å². The van der Waals surface area contributed by atoms with Crippen LogP contribution >= 0.6 is 0 Å². The number of ether oxygens (including phenoxy) is 2. The molecular weight excluding hydrogens is 937 g/mol. The van der Waals surface area contributed by atoms with E-state index in [0.717, 1.165) is 105 Å². The minimum atomic E-state index is -1.02. The predicted molar refractivity (Wildman–Crippen MR) is 293 cm³/mol. The fourth-order valence-corrected chi connectivity index (χ4v) is 10.0. The molecule has 14 nitrogen and oxygen atoms in total. The van der Waals surface area contributed by atoms with Crippen molar-refractivity contribution in [1.29, 1.82) is 0 Å². The number of aromatic carboxylic acids is 4. The van der Waals surface area contributed by atoms with Crippen molar-refractivity contribution in [3.63, 3.8) is 0 Å². The minimum Gasteiger partial charge on any atom is -0.478 e. The normalized spacial score (nSPS) is 13.6. The van der Waals surface area contributed by atoms with Gasteiger partial charge in [-0.05, 0) is 243 Å². The van der Waals surface area contributed by atoms with Crippen molar-refractivity contribution in [2.45, 2.75) is 144 Å². The summed E-state index contributed by atoms with van der Waals surface area (Å²) in [6, 6.07) is 13.6. The quantitative estimate of drug-likeness (QED) is 0.0313. The zero-order valence-electron chi connectivity index (χ0n) is 46.2. The number of nitrogens with one attached hydrogen (secondary N) is 2. The highest BCUT2D eigenvalue weighted by Gasteiger charge is 2.31. The molecule has 14 heteroatoms.